The molecule has 0 aromatic heterocycles. The Labute approximate surface area is 150 Å². The fraction of sp³-hybridized carbons (Fsp3) is 0.381. The Hall–Kier alpha value is -2.33. The second kappa shape index (κ2) is 9.84. The Morgan fingerprint density at radius 2 is 1.72 bits per heavy atom. The maximum absolute atomic E-state index is 12.1. The molecule has 2 aromatic rings. The third kappa shape index (κ3) is 7.40. The van der Waals surface area contributed by atoms with E-state index in [1.807, 2.05) is 24.3 Å². The maximum Gasteiger partial charge on any atom is 0.224 e. The number of nitrogens with one attached hydrogen (secondary N) is 1. The van der Waals surface area contributed by atoms with Crippen molar-refractivity contribution < 1.29 is 9.53 Å². The van der Waals surface area contributed by atoms with Crippen LogP contribution in [-0.2, 0) is 11.2 Å². The van der Waals surface area contributed by atoms with Gasteiger partial charge in [-0.05, 0) is 63.7 Å². The summed E-state index contributed by atoms with van der Waals surface area (Å²) < 4.78 is 5.69. The van der Waals surface area contributed by atoms with Crippen LogP contribution in [0.15, 0.2) is 48.5 Å². The van der Waals surface area contributed by atoms with Crippen LogP contribution in [0.5, 0.6) is 5.75 Å². The lowest BCUT2D eigenvalue weighted by molar-refractivity contribution is -0.116. The smallest absolute Gasteiger partial charge is 0.224 e. The van der Waals surface area contributed by atoms with E-state index in [4.69, 9.17) is 4.74 Å². The van der Waals surface area contributed by atoms with E-state index >= 15 is 0 Å². The molecule has 0 saturated carbocycles. The summed E-state index contributed by atoms with van der Waals surface area (Å²) in [6.45, 7) is 3.77. The summed E-state index contributed by atoms with van der Waals surface area (Å²) in [5.41, 5.74) is 3.22. The van der Waals surface area contributed by atoms with Crippen molar-refractivity contribution in [2.45, 2.75) is 26.2 Å². The molecule has 0 radical (unpaired) electrons. The molecule has 2 aromatic carbocycles. The van der Waals surface area contributed by atoms with Gasteiger partial charge in [0.05, 0.1) is 6.61 Å². The molecule has 0 aliphatic rings. The number of hydrogen-bond donors (Lipinski definition) is 1. The Morgan fingerprint density at radius 1 is 1.04 bits per heavy atom. The van der Waals surface area contributed by atoms with Crippen LogP contribution in [-0.4, -0.2) is 38.1 Å². The Balaban J connectivity index is 1.72. The van der Waals surface area contributed by atoms with Crippen molar-refractivity contribution in [2.75, 3.05) is 32.6 Å². The van der Waals surface area contributed by atoms with Crippen molar-refractivity contribution in [3.8, 4) is 5.75 Å². The molecule has 0 aliphatic carbocycles. The molecule has 1 N–H and O–H groups in total. The molecule has 25 heavy (non-hydrogen) atoms. The number of nitrogens with zero attached hydrogens (tertiary/aromatic N) is 1. The van der Waals surface area contributed by atoms with Gasteiger partial charge >= 0.3 is 0 Å². The van der Waals surface area contributed by atoms with Gasteiger partial charge in [0.2, 0.25) is 5.91 Å². The van der Waals surface area contributed by atoms with Gasteiger partial charge in [0.1, 0.15) is 5.75 Å². The maximum atomic E-state index is 12.1. The first-order valence-electron chi connectivity index (χ1n) is 8.76. The third-order valence-corrected chi connectivity index (χ3v) is 3.92. The monoisotopic (exact) mass is 340 g/mol. The number of carbonyl (C=O) groups is 1. The molecule has 134 valence electrons. The topological polar surface area (TPSA) is 41.6 Å². The second-order valence-corrected chi connectivity index (χ2v) is 6.56. The molecule has 0 heterocycles. The van der Waals surface area contributed by atoms with E-state index < -0.39 is 0 Å². The first-order chi connectivity index (χ1) is 12.0. The highest BCUT2D eigenvalue weighted by atomic mass is 16.5. The fourth-order valence-electron chi connectivity index (χ4n) is 2.44. The molecule has 0 atom stereocenters. The van der Waals surface area contributed by atoms with Gasteiger partial charge in [-0.2, -0.15) is 0 Å². The molecule has 0 spiro atoms. The van der Waals surface area contributed by atoms with Crippen LogP contribution >= 0.6 is 0 Å². The van der Waals surface area contributed by atoms with Gasteiger partial charge in [-0.25, -0.2) is 0 Å². The van der Waals surface area contributed by atoms with Crippen LogP contribution in [0.3, 0.4) is 0 Å². The van der Waals surface area contributed by atoms with E-state index in [9.17, 15) is 4.79 Å². The zero-order valence-corrected chi connectivity index (χ0v) is 15.4. The van der Waals surface area contributed by atoms with Crippen molar-refractivity contribution >= 4 is 11.6 Å². The van der Waals surface area contributed by atoms with Crippen LogP contribution < -0.4 is 10.1 Å². The number of hydrogen-bond acceptors (Lipinski definition) is 3. The highest BCUT2D eigenvalue weighted by Crippen LogP contribution is 2.16. The number of ether oxygens (including phenoxy) is 1. The predicted molar refractivity (Wildman–Crippen MR) is 103 cm³/mol. The molecule has 0 fully saturated rings. The van der Waals surface area contributed by atoms with Crippen LogP contribution in [0.2, 0.25) is 0 Å². The van der Waals surface area contributed by atoms with Gasteiger partial charge in [-0.3, -0.25) is 4.79 Å². The van der Waals surface area contributed by atoms with Crippen molar-refractivity contribution in [3.63, 3.8) is 0 Å². The normalized spacial score (nSPS) is 10.7. The number of amides is 1. The zero-order chi connectivity index (χ0) is 18.1. The summed E-state index contributed by atoms with van der Waals surface area (Å²) in [6, 6.07) is 15.8. The first kappa shape index (κ1) is 19.0. The lowest BCUT2D eigenvalue weighted by atomic mass is 10.1. The van der Waals surface area contributed by atoms with Crippen LogP contribution in [0.25, 0.3) is 0 Å². The SMILES string of the molecule is Cc1ccc(CCC(=O)Nc2ccc(OCCCN(C)C)cc2)cc1. The van der Waals surface area contributed by atoms with Crippen molar-refractivity contribution in [3.05, 3.63) is 59.7 Å². The van der Waals surface area contributed by atoms with E-state index in [0.717, 1.165) is 30.8 Å². The molecular weight excluding hydrogens is 312 g/mol. The minimum atomic E-state index is 0.0280. The molecule has 4 nitrogen and oxygen atoms in total. The number of anilines is 1. The molecule has 0 unspecified atom stereocenters. The summed E-state index contributed by atoms with van der Waals surface area (Å²) in [6.07, 6.45) is 2.22. The second-order valence-electron chi connectivity index (χ2n) is 6.56. The van der Waals surface area contributed by atoms with E-state index in [2.05, 4.69) is 55.5 Å². The zero-order valence-electron chi connectivity index (χ0n) is 15.4. The fourth-order valence-corrected chi connectivity index (χ4v) is 2.44. The average Bonchev–Trinajstić information content (AvgIpc) is 2.59. The summed E-state index contributed by atoms with van der Waals surface area (Å²) in [7, 11) is 4.10. The number of benzene rings is 2. The van der Waals surface area contributed by atoms with Gasteiger partial charge in [0, 0.05) is 18.7 Å². The Morgan fingerprint density at radius 3 is 2.36 bits per heavy atom. The molecule has 1 amide bonds. The predicted octanol–water partition coefficient (Wildman–Crippen LogP) is 3.90. The standard InChI is InChI=1S/C21H28N2O2/c1-17-5-7-18(8-6-17)9-14-21(24)22-19-10-12-20(13-11-19)25-16-4-15-23(2)3/h5-8,10-13H,4,9,14-16H2,1-3H3,(H,22,24). The summed E-state index contributed by atoms with van der Waals surface area (Å²) in [5, 5.41) is 2.93. The molecular formula is C21H28N2O2. The lowest BCUT2D eigenvalue weighted by Gasteiger charge is -2.11. The van der Waals surface area contributed by atoms with Crippen molar-refractivity contribution in [1.82, 2.24) is 4.90 Å². The number of rotatable bonds is 9. The van der Waals surface area contributed by atoms with Crippen LogP contribution in [0.4, 0.5) is 5.69 Å². The van der Waals surface area contributed by atoms with Gasteiger partial charge in [-0.1, -0.05) is 29.8 Å². The van der Waals surface area contributed by atoms with E-state index in [-0.39, 0.29) is 5.91 Å². The molecule has 0 aliphatic heterocycles. The first-order valence-corrected chi connectivity index (χ1v) is 8.76. The van der Waals surface area contributed by atoms with Crippen molar-refractivity contribution in [2.24, 2.45) is 0 Å². The van der Waals surface area contributed by atoms with Gasteiger partial charge in [-0.15, -0.1) is 0 Å². The summed E-state index contributed by atoms with van der Waals surface area (Å²) in [5.74, 6) is 0.858. The van der Waals surface area contributed by atoms with Gasteiger partial charge in [0.25, 0.3) is 0 Å². The minimum Gasteiger partial charge on any atom is -0.494 e. The number of carbonyl (C=O) groups excluding carboxylic acids is 1. The van der Waals surface area contributed by atoms with E-state index in [0.29, 0.717) is 13.0 Å². The average molecular weight is 340 g/mol. The quantitative estimate of drug-likeness (QED) is 0.704. The molecule has 0 saturated heterocycles. The Kier molecular flexibility index (Phi) is 7.48. The molecule has 4 heteroatoms. The molecule has 0 bridgehead atoms. The van der Waals surface area contributed by atoms with Crippen LogP contribution in [0.1, 0.15) is 24.0 Å². The third-order valence-electron chi connectivity index (χ3n) is 3.92. The largest absolute Gasteiger partial charge is 0.494 e. The van der Waals surface area contributed by atoms with Crippen LogP contribution in [0, 0.1) is 6.92 Å². The van der Waals surface area contributed by atoms with E-state index in [1.165, 1.54) is 11.1 Å². The van der Waals surface area contributed by atoms with Crippen molar-refractivity contribution in [1.29, 1.82) is 0 Å². The molecule has 2 rings (SSSR count). The van der Waals surface area contributed by atoms with E-state index in [1.54, 1.807) is 0 Å². The summed E-state index contributed by atoms with van der Waals surface area (Å²) >= 11 is 0. The Bertz CT molecular complexity index is 649. The lowest BCUT2D eigenvalue weighted by Crippen LogP contribution is -2.15. The summed E-state index contributed by atoms with van der Waals surface area (Å²) in [4.78, 5) is 14.2. The minimum absolute atomic E-state index is 0.0280. The highest BCUT2D eigenvalue weighted by molar-refractivity contribution is 5.90. The number of aryl methyl sites for hydroxylation is 2. The highest BCUT2D eigenvalue weighted by Gasteiger charge is 2.04. The van der Waals surface area contributed by atoms with Gasteiger partial charge in [0.15, 0.2) is 0 Å². The van der Waals surface area contributed by atoms with Gasteiger partial charge < -0.3 is 15.0 Å².